The molecule has 1 aromatic carbocycles. The topological polar surface area (TPSA) is 63.9 Å². The highest BCUT2D eigenvalue weighted by Crippen LogP contribution is 2.23. The lowest BCUT2D eigenvalue weighted by atomic mass is 10.1. The fourth-order valence-electron chi connectivity index (χ4n) is 2.17. The minimum Gasteiger partial charge on any atom is -0.396 e. The Bertz CT molecular complexity index is 351. The third-order valence-corrected chi connectivity index (χ3v) is 3.43. The van der Waals surface area contributed by atoms with Gasteiger partial charge >= 0.3 is 0 Å². The van der Waals surface area contributed by atoms with Gasteiger partial charge in [0, 0.05) is 18.8 Å². The van der Waals surface area contributed by atoms with Gasteiger partial charge in [-0.3, -0.25) is 0 Å². The molecule has 20 heavy (non-hydrogen) atoms. The van der Waals surface area contributed by atoms with Gasteiger partial charge in [-0.25, -0.2) is 0 Å². The van der Waals surface area contributed by atoms with Crippen molar-refractivity contribution in [1.29, 1.82) is 0 Å². The van der Waals surface area contributed by atoms with Gasteiger partial charge in [-0.1, -0.05) is 25.5 Å². The second kappa shape index (κ2) is 9.75. The molecule has 0 aliphatic carbocycles. The molecule has 0 bridgehead atoms. The van der Waals surface area contributed by atoms with Crippen LogP contribution in [0.1, 0.15) is 44.6 Å². The van der Waals surface area contributed by atoms with Crippen LogP contribution in [0.5, 0.6) is 0 Å². The van der Waals surface area contributed by atoms with Gasteiger partial charge in [-0.2, -0.15) is 0 Å². The van der Waals surface area contributed by atoms with Crippen molar-refractivity contribution in [3.63, 3.8) is 0 Å². The largest absolute Gasteiger partial charge is 0.396 e. The predicted molar refractivity (Wildman–Crippen MR) is 81.6 cm³/mol. The highest BCUT2D eigenvalue weighted by Gasteiger charge is 2.19. The number of benzene rings is 1. The molecule has 0 aromatic heterocycles. The molecule has 114 valence electrons. The zero-order valence-corrected chi connectivity index (χ0v) is 12.3. The van der Waals surface area contributed by atoms with Crippen LogP contribution in [0.4, 0.5) is 5.69 Å². The average Bonchev–Trinajstić information content (AvgIpc) is 2.49. The van der Waals surface area contributed by atoms with Crippen molar-refractivity contribution < 1.29 is 15.3 Å². The van der Waals surface area contributed by atoms with Crippen molar-refractivity contribution in [3.05, 3.63) is 29.8 Å². The summed E-state index contributed by atoms with van der Waals surface area (Å²) in [4.78, 5) is 2.02. The zero-order chi connectivity index (χ0) is 14.8. The summed E-state index contributed by atoms with van der Waals surface area (Å²) in [7, 11) is 0. The van der Waals surface area contributed by atoms with Crippen LogP contribution in [-0.4, -0.2) is 34.7 Å². The number of aliphatic hydroxyl groups is 3. The highest BCUT2D eigenvalue weighted by atomic mass is 16.3. The summed E-state index contributed by atoms with van der Waals surface area (Å²) < 4.78 is 0. The Morgan fingerprint density at radius 2 is 1.85 bits per heavy atom. The van der Waals surface area contributed by atoms with Gasteiger partial charge in [0.05, 0.1) is 6.61 Å². The number of nitrogens with zero attached hydrogens (tertiary/aromatic N) is 1. The third kappa shape index (κ3) is 5.49. The molecule has 1 atom stereocenters. The van der Waals surface area contributed by atoms with Crippen LogP contribution < -0.4 is 4.90 Å². The molecule has 0 saturated carbocycles. The van der Waals surface area contributed by atoms with Crippen molar-refractivity contribution in [3.8, 4) is 0 Å². The minimum atomic E-state index is -0.348. The molecule has 1 aromatic rings. The Balaban J connectivity index is 0.000000347. The Morgan fingerprint density at radius 3 is 2.30 bits per heavy atom. The van der Waals surface area contributed by atoms with Gasteiger partial charge in [0.2, 0.25) is 0 Å². The predicted octanol–water partition coefficient (Wildman–Crippen LogP) is 2.27. The lowest BCUT2D eigenvalue weighted by molar-refractivity contribution is 0.140. The Kier molecular flexibility index (Phi) is 8.26. The van der Waals surface area contributed by atoms with Crippen molar-refractivity contribution >= 4 is 5.69 Å². The fourth-order valence-corrected chi connectivity index (χ4v) is 2.17. The average molecular weight is 281 g/mol. The smallest absolute Gasteiger partial charge is 0.126 e. The van der Waals surface area contributed by atoms with Gasteiger partial charge in [-0.05, 0) is 43.4 Å². The fraction of sp³-hybridized carbons (Fsp3) is 0.625. The van der Waals surface area contributed by atoms with E-state index in [0.29, 0.717) is 6.61 Å². The van der Waals surface area contributed by atoms with E-state index in [1.165, 1.54) is 0 Å². The van der Waals surface area contributed by atoms with Crippen LogP contribution in [0.15, 0.2) is 24.3 Å². The Hall–Kier alpha value is -1.10. The van der Waals surface area contributed by atoms with E-state index in [9.17, 15) is 5.11 Å². The number of rotatable bonds is 4. The second-order valence-electron chi connectivity index (χ2n) is 5.07. The quantitative estimate of drug-likeness (QED) is 0.792. The van der Waals surface area contributed by atoms with E-state index in [1.807, 2.05) is 29.2 Å². The molecule has 0 radical (unpaired) electrons. The maximum atomic E-state index is 9.83. The van der Waals surface area contributed by atoms with E-state index >= 15 is 0 Å². The molecule has 1 aliphatic heterocycles. The van der Waals surface area contributed by atoms with Crippen molar-refractivity contribution in [2.24, 2.45) is 0 Å². The number of hydrogen-bond donors (Lipinski definition) is 3. The van der Waals surface area contributed by atoms with Crippen molar-refractivity contribution in [2.75, 3.05) is 18.1 Å². The first-order chi connectivity index (χ1) is 9.72. The summed E-state index contributed by atoms with van der Waals surface area (Å²) in [5.74, 6) is 0. The van der Waals surface area contributed by atoms with Crippen molar-refractivity contribution in [1.82, 2.24) is 0 Å². The first-order valence-electron chi connectivity index (χ1n) is 7.48. The summed E-state index contributed by atoms with van der Waals surface area (Å²) >= 11 is 0. The van der Waals surface area contributed by atoms with Crippen LogP contribution in [0.2, 0.25) is 0 Å². The molecule has 1 aliphatic rings. The van der Waals surface area contributed by atoms with Crippen LogP contribution in [0.3, 0.4) is 0 Å². The zero-order valence-electron chi connectivity index (χ0n) is 12.3. The van der Waals surface area contributed by atoms with Gasteiger partial charge < -0.3 is 20.2 Å². The monoisotopic (exact) mass is 281 g/mol. The van der Waals surface area contributed by atoms with E-state index in [0.717, 1.165) is 49.9 Å². The van der Waals surface area contributed by atoms with E-state index in [-0.39, 0.29) is 12.8 Å². The third-order valence-electron chi connectivity index (χ3n) is 3.43. The number of piperidine rings is 1. The van der Waals surface area contributed by atoms with Gasteiger partial charge in [0.1, 0.15) is 6.23 Å². The first-order valence-corrected chi connectivity index (χ1v) is 7.48. The summed E-state index contributed by atoms with van der Waals surface area (Å²) in [6.07, 6.45) is 4.78. The first kappa shape index (κ1) is 17.0. The Morgan fingerprint density at radius 1 is 1.15 bits per heavy atom. The van der Waals surface area contributed by atoms with Crippen molar-refractivity contribution in [2.45, 2.75) is 51.9 Å². The number of hydrogen-bond acceptors (Lipinski definition) is 4. The van der Waals surface area contributed by atoms with E-state index in [2.05, 4.69) is 6.92 Å². The van der Waals surface area contributed by atoms with Gasteiger partial charge in [-0.15, -0.1) is 0 Å². The minimum absolute atomic E-state index is 0.0723. The van der Waals surface area contributed by atoms with Gasteiger partial charge in [0.15, 0.2) is 0 Å². The lowest BCUT2D eigenvalue weighted by Gasteiger charge is -2.34. The standard InChI is InChI=1S/C12H17NO2.C4H10O/c14-9-10-4-6-11(7-5-10)13-8-2-1-3-12(13)15;1-2-3-4-5/h4-7,12,14-15H,1-3,8-9H2;5H,2-4H2,1H3. The van der Waals surface area contributed by atoms with E-state index in [1.54, 1.807) is 0 Å². The molecular formula is C16H27NO3. The summed E-state index contributed by atoms with van der Waals surface area (Å²) in [6, 6.07) is 7.72. The number of anilines is 1. The molecule has 1 fully saturated rings. The van der Waals surface area contributed by atoms with E-state index < -0.39 is 0 Å². The molecule has 4 heteroatoms. The SMILES string of the molecule is CCCCO.OCc1ccc(N2CCCCC2O)cc1. The maximum absolute atomic E-state index is 9.83. The normalized spacial score (nSPS) is 18.4. The van der Waals surface area contributed by atoms with E-state index in [4.69, 9.17) is 10.2 Å². The number of aliphatic hydroxyl groups excluding tert-OH is 3. The molecule has 1 saturated heterocycles. The summed E-state index contributed by atoms with van der Waals surface area (Å²) in [5.41, 5.74) is 1.95. The molecule has 1 unspecified atom stereocenters. The molecular weight excluding hydrogens is 254 g/mol. The van der Waals surface area contributed by atoms with Crippen LogP contribution >= 0.6 is 0 Å². The Labute approximate surface area is 121 Å². The molecule has 4 nitrogen and oxygen atoms in total. The summed E-state index contributed by atoms with van der Waals surface area (Å²) in [5, 5.41) is 26.8. The maximum Gasteiger partial charge on any atom is 0.126 e. The molecule has 2 rings (SSSR count). The lowest BCUT2D eigenvalue weighted by Crippen LogP contribution is -2.39. The molecule has 0 spiro atoms. The van der Waals surface area contributed by atoms with Gasteiger partial charge in [0.25, 0.3) is 0 Å². The summed E-state index contributed by atoms with van der Waals surface area (Å²) in [6.45, 7) is 3.38. The number of unbranched alkanes of at least 4 members (excludes halogenated alkanes) is 1. The molecule has 1 heterocycles. The van der Waals surface area contributed by atoms with Crippen LogP contribution in [-0.2, 0) is 6.61 Å². The molecule has 0 amide bonds. The highest BCUT2D eigenvalue weighted by molar-refractivity contribution is 5.48. The molecule has 3 N–H and O–H groups in total. The van der Waals surface area contributed by atoms with Crippen LogP contribution in [0, 0.1) is 0 Å². The van der Waals surface area contributed by atoms with Crippen LogP contribution in [0.25, 0.3) is 0 Å². The second-order valence-corrected chi connectivity index (χ2v) is 5.07.